The van der Waals surface area contributed by atoms with Gasteiger partial charge in [0.1, 0.15) is 5.69 Å². The lowest BCUT2D eigenvalue weighted by atomic mass is 9.95. The fourth-order valence-electron chi connectivity index (χ4n) is 1.65. The number of alkyl halides is 3. The zero-order chi connectivity index (χ0) is 16.1. The van der Waals surface area contributed by atoms with Gasteiger partial charge in [-0.25, -0.2) is 9.78 Å². The minimum atomic E-state index is -4.51. The van der Waals surface area contributed by atoms with Gasteiger partial charge in [0.05, 0.1) is 11.9 Å². The molecule has 0 spiro atoms. The van der Waals surface area contributed by atoms with Crippen LogP contribution >= 0.6 is 0 Å². The number of carbonyl (C=O) groups excluding carboxylic acids is 1. The highest BCUT2D eigenvalue weighted by Crippen LogP contribution is 2.27. The van der Waals surface area contributed by atoms with Crippen molar-refractivity contribution in [2.45, 2.75) is 38.4 Å². The van der Waals surface area contributed by atoms with E-state index in [0.29, 0.717) is 12.8 Å². The Morgan fingerprint density at radius 1 is 1.38 bits per heavy atom. The molecule has 0 saturated carbocycles. The molecule has 1 heterocycles. The molecule has 1 atom stereocenters. The number of pyridine rings is 1. The number of aliphatic hydroxyl groups is 1. The number of halogens is 3. The number of nitrogens with one attached hydrogen (secondary N) is 2. The lowest BCUT2D eigenvalue weighted by molar-refractivity contribution is -0.141. The van der Waals surface area contributed by atoms with Crippen LogP contribution in [0.4, 0.5) is 23.7 Å². The number of hydrogen-bond acceptors (Lipinski definition) is 3. The molecule has 0 radical (unpaired) electrons. The van der Waals surface area contributed by atoms with Crippen LogP contribution in [0.5, 0.6) is 0 Å². The Bertz CT molecular complexity index is 477. The van der Waals surface area contributed by atoms with E-state index in [0.717, 1.165) is 18.3 Å². The fourth-order valence-corrected chi connectivity index (χ4v) is 1.65. The van der Waals surface area contributed by atoms with E-state index in [4.69, 9.17) is 5.11 Å². The minimum absolute atomic E-state index is 0.0769. The van der Waals surface area contributed by atoms with Gasteiger partial charge in [-0.15, -0.1) is 0 Å². The van der Waals surface area contributed by atoms with E-state index in [2.05, 4.69) is 15.6 Å². The molecule has 1 rings (SSSR count). The highest BCUT2D eigenvalue weighted by atomic mass is 19.4. The molecule has 1 unspecified atom stereocenters. The Kier molecular flexibility index (Phi) is 5.54. The summed E-state index contributed by atoms with van der Waals surface area (Å²) < 4.78 is 37.0. The molecule has 1 aromatic rings. The SMILES string of the molecule is CCC(C)(CCO)NC(=O)Nc1ccc(C(F)(F)F)nc1. The van der Waals surface area contributed by atoms with Crippen LogP contribution in [-0.4, -0.2) is 28.3 Å². The molecule has 5 nitrogen and oxygen atoms in total. The van der Waals surface area contributed by atoms with Gasteiger partial charge in [0.25, 0.3) is 0 Å². The van der Waals surface area contributed by atoms with Crippen LogP contribution in [-0.2, 0) is 6.18 Å². The van der Waals surface area contributed by atoms with Gasteiger partial charge >= 0.3 is 12.2 Å². The number of aliphatic hydroxyl groups excluding tert-OH is 1. The third-order valence-electron chi connectivity index (χ3n) is 3.17. The summed E-state index contributed by atoms with van der Waals surface area (Å²) in [4.78, 5) is 15.0. The molecule has 0 aliphatic rings. The first-order valence-electron chi connectivity index (χ1n) is 6.43. The summed E-state index contributed by atoms with van der Waals surface area (Å²) in [6, 6.07) is 1.36. The highest BCUT2D eigenvalue weighted by molar-refractivity contribution is 5.89. The van der Waals surface area contributed by atoms with Crippen molar-refractivity contribution in [3.05, 3.63) is 24.0 Å². The Balaban J connectivity index is 2.67. The van der Waals surface area contributed by atoms with Crippen molar-refractivity contribution in [3.8, 4) is 0 Å². The molecule has 0 saturated heterocycles. The van der Waals surface area contributed by atoms with Crippen LogP contribution in [0.3, 0.4) is 0 Å². The van der Waals surface area contributed by atoms with Crippen LogP contribution in [0, 0.1) is 0 Å². The molecule has 0 aliphatic heterocycles. The summed E-state index contributed by atoms with van der Waals surface area (Å²) in [5.41, 5.74) is -1.45. The van der Waals surface area contributed by atoms with Gasteiger partial charge in [-0.2, -0.15) is 13.2 Å². The van der Waals surface area contributed by atoms with Crippen molar-refractivity contribution in [2.75, 3.05) is 11.9 Å². The molecular weight excluding hydrogens is 287 g/mol. The summed E-state index contributed by atoms with van der Waals surface area (Å²) in [7, 11) is 0. The summed E-state index contributed by atoms with van der Waals surface area (Å²) in [5, 5.41) is 14.0. The number of hydrogen-bond donors (Lipinski definition) is 3. The maximum Gasteiger partial charge on any atom is 0.433 e. The highest BCUT2D eigenvalue weighted by Gasteiger charge is 2.32. The smallest absolute Gasteiger partial charge is 0.396 e. The molecular formula is C13H18F3N3O2. The molecule has 0 fully saturated rings. The zero-order valence-electron chi connectivity index (χ0n) is 11.8. The Labute approximate surface area is 120 Å². The van der Waals surface area contributed by atoms with Gasteiger partial charge in [0.15, 0.2) is 0 Å². The second-order valence-corrected chi connectivity index (χ2v) is 4.90. The summed E-state index contributed by atoms with van der Waals surface area (Å²) in [6.45, 7) is 3.55. The van der Waals surface area contributed by atoms with E-state index >= 15 is 0 Å². The lowest BCUT2D eigenvalue weighted by Gasteiger charge is -2.28. The largest absolute Gasteiger partial charge is 0.433 e. The van der Waals surface area contributed by atoms with Crippen LogP contribution in [0.2, 0.25) is 0 Å². The van der Waals surface area contributed by atoms with Crippen LogP contribution in [0.25, 0.3) is 0 Å². The molecule has 0 aromatic carbocycles. The lowest BCUT2D eigenvalue weighted by Crippen LogP contribution is -2.48. The molecule has 118 valence electrons. The third-order valence-corrected chi connectivity index (χ3v) is 3.17. The quantitative estimate of drug-likeness (QED) is 0.783. The first-order valence-corrected chi connectivity index (χ1v) is 6.43. The number of rotatable bonds is 5. The second-order valence-electron chi connectivity index (χ2n) is 4.90. The first kappa shape index (κ1) is 17.2. The minimum Gasteiger partial charge on any atom is -0.396 e. The fraction of sp³-hybridized carbons (Fsp3) is 0.538. The molecule has 8 heteroatoms. The average Bonchev–Trinajstić information content (AvgIpc) is 2.38. The van der Waals surface area contributed by atoms with Crippen molar-refractivity contribution in [2.24, 2.45) is 0 Å². The summed E-state index contributed by atoms with van der Waals surface area (Å²) in [6.07, 6.45) is -2.59. The van der Waals surface area contributed by atoms with E-state index in [1.165, 1.54) is 0 Å². The number of nitrogens with zero attached hydrogens (tertiary/aromatic N) is 1. The van der Waals surface area contributed by atoms with E-state index in [1.807, 2.05) is 6.92 Å². The number of aromatic nitrogens is 1. The molecule has 0 aliphatic carbocycles. The maximum atomic E-state index is 12.3. The van der Waals surface area contributed by atoms with Gasteiger partial charge in [0.2, 0.25) is 0 Å². The molecule has 3 N–H and O–H groups in total. The van der Waals surface area contributed by atoms with E-state index in [1.54, 1.807) is 6.92 Å². The van der Waals surface area contributed by atoms with Crippen molar-refractivity contribution < 1.29 is 23.1 Å². The number of amides is 2. The molecule has 2 amide bonds. The van der Waals surface area contributed by atoms with Crippen LogP contribution in [0.15, 0.2) is 18.3 Å². The van der Waals surface area contributed by atoms with E-state index in [9.17, 15) is 18.0 Å². The number of anilines is 1. The second kappa shape index (κ2) is 6.75. The molecule has 0 bridgehead atoms. The maximum absolute atomic E-state index is 12.3. The molecule has 1 aromatic heterocycles. The first-order chi connectivity index (χ1) is 9.70. The number of carbonyl (C=O) groups is 1. The van der Waals surface area contributed by atoms with Crippen LogP contribution < -0.4 is 10.6 Å². The Morgan fingerprint density at radius 3 is 2.48 bits per heavy atom. The van der Waals surface area contributed by atoms with Crippen LogP contribution in [0.1, 0.15) is 32.4 Å². The van der Waals surface area contributed by atoms with Gasteiger partial charge in [0, 0.05) is 12.1 Å². The monoisotopic (exact) mass is 305 g/mol. The zero-order valence-corrected chi connectivity index (χ0v) is 11.8. The van der Waals surface area contributed by atoms with E-state index in [-0.39, 0.29) is 12.3 Å². The van der Waals surface area contributed by atoms with E-state index < -0.39 is 23.4 Å². The van der Waals surface area contributed by atoms with Crippen molar-refractivity contribution in [3.63, 3.8) is 0 Å². The average molecular weight is 305 g/mol. The Morgan fingerprint density at radius 2 is 2.05 bits per heavy atom. The molecule has 21 heavy (non-hydrogen) atoms. The Hall–Kier alpha value is -1.83. The topological polar surface area (TPSA) is 74.2 Å². The third kappa shape index (κ3) is 5.22. The van der Waals surface area contributed by atoms with Gasteiger partial charge < -0.3 is 15.7 Å². The predicted molar refractivity (Wildman–Crippen MR) is 71.8 cm³/mol. The summed E-state index contributed by atoms with van der Waals surface area (Å²) >= 11 is 0. The van der Waals surface area contributed by atoms with Crippen molar-refractivity contribution >= 4 is 11.7 Å². The van der Waals surface area contributed by atoms with Gasteiger partial charge in [-0.1, -0.05) is 6.92 Å². The van der Waals surface area contributed by atoms with Crippen molar-refractivity contribution in [1.29, 1.82) is 0 Å². The number of urea groups is 1. The van der Waals surface area contributed by atoms with Gasteiger partial charge in [-0.05, 0) is 31.9 Å². The van der Waals surface area contributed by atoms with Crippen molar-refractivity contribution in [1.82, 2.24) is 10.3 Å². The normalized spacial score (nSPS) is 14.4. The predicted octanol–water partition coefficient (Wildman–Crippen LogP) is 2.77. The summed E-state index contributed by atoms with van der Waals surface area (Å²) in [5.74, 6) is 0. The van der Waals surface area contributed by atoms with Gasteiger partial charge in [-0.3, -0.25) is 0 Å². The standard InChI is InChI=1S/C13H18F3N3O2/c1-3-12(2,6-7-20)19-11(21)18-9-4-5-10(17-8-9)13(14,15)16/h4-5,8,20H,3,6-7H2,1-2H3,(H2,18,19,21).